The smallest absolute Gasteiger partial charge is 0.446 e. The molecule has 702 valence electrons. The van der Waals surface area contributed by atoms with Gasteiger partial charge in [0.1, 0.15) is 24.1 Å². The second-order valence-electron chi connectivity index (χ2n) is 42.7. The van der Waals surface area contributed by atoms with E-state index in [0.717, 1.165) is 242 Å². The number of aliphatic hydroxyl groups is 3. The van der Waals surface area contributed by atoms with Crippen LogP contribution < -0.4 is 38.0 Å². The van der Waals surface area contributed by atoms with Crippen molar-refractivity contribution < 1.29 is 66.8 Å². The Kier molecular flexibility index (Phi) is 29.8. The number of halogens is 2. The van der Waals surface area contributed by atoms with Gasteiger partial charge in [0.2, 0.25) is 0 Å². The number of fused-ring (bicyclic) bond motifs is 15. The molecule has 3 aromatic heterocycles. The van der Waals surface area contributed by atoms with Crippen molar-refractivity contribution in [3.05, 3.63) is 138 Å². The van der Waals surface area contributed by atoms with E-state index in [1.165, 1.54) is 94.1 Å². The third-order valence-corrected chi connectivity index (χ3v) is 37.3. The lowest BCUT2D eigenvalue weighted by Crippen LogP contribution is -2.62. The predicted molar refractivity (Wildman–Crippen MR) is 486 cm³/mol. The zero-order chi connectivity index (χ0) is 89.9. The number of carbonyl (C=O) groups excluding carboxylic acids is 3. The van der Waals surface area contributed by atoms with E-state index in [-0.39, 0.29) is 120 Å². The van der Waals surface area contributed by atoms with E-state index in [1.807, 2.05) is 18.2 Å². The van der Waals surface area contributed by atoms with Gasteiger partial charge in [-0.3, -0.25) is 10.1 Å². The first kappa shape index (κ1) is 95.2. The molecule has 4 aromatic rings. The summed E-state index contributed by atoms with van der Waals surface area (Å²) in [7, 11) is 0. The van der Waals surface area contributed by atoms with Gasteiger partial charge >= 0.3 is 35.2 Å². The summed E-state index contributed by atoms with van der Waals surface area (Å²) in [5.74, 6) is 4.51. The Labute approximate surface area is 760 Å². The number of hydrogen-bond acceptors (Lipinski definition) is 22. The number of amides is 2. The van der Waals surface area contributed by atoms with Gasteiger partial charge in [-0.2, -0.15) is 0 Å². The minimum Gasteiger partial charge on any atom is -0.446 e. The van der Waals surface area contributed by atoms with Crippen molar-refractivity contribution in [2.24, 2.45) is 91.5 Å². The molecule has 0 bridgehead atoms. The van der Waals surface area contributed by atoms with Gasteiger partial charge in [0.25, 0.3) is 5.69 Å². The summed E-state index contributed by atoms with van der Waals surface area (Å²) in [5, 5.41) is 54.2. The fourth-order valence-corrected chi connectivity index (χ4v) is 30.3. The van der Waals surface area contributed by atoms with Crippen LogP contribution in [0.4, 0.5) is 20.1 Å². The van der Waals surface area contributed by atoms with Gasteiger partial charge in [-0.05, 0) is 385 Å². The van der Waals surface area contributed by atoms with Gasteiger partial charge < -0.3 is 78.6 Å². The first-order valence-electron chi connectivity index (χ1n) is 48.8. The van der Waals surface area contributed by atoms with Crippen LogP contribution in [0.15, 0.2) is 107 Å². The molecular formula is C100H145Cl2N7O18. The number of alkyl carbamates (subject to hydrolysis) is 2. The van der Waals surface area contributed by atoms with Crippen molar-refractivity contribution in [1.29, 1.82) is 0 Å². The first-order valence-corrected chi connectivity index (χ1v) is 49.9. The number of nitro groups is 1. The summed E-state index contributed by atoms with van der Waals surface area (Å²) in [6.07, 6.45) is 37.0. The molecule has 2 amide bonds. The van der Waals surface area contributed by atoms with Crippen molar-refractivity contribution in [1.82, 2.24) is 25.3 Å². The number of rotatable bonds is 16. The minimum atomic E-state index is -0.785. The summed E-state index contributed by atoms with van der Waals surface area (Å²) in [4.78, 5) is 89.7. The lowest BCUT2D eigenvalue weighted by Gasteiger charge is -2.63. The van der Waals surface area contributed by atoms with Crippen LogP contribution in [-0.2, 0) is 14.2 Å². The number of ether oxygens (including phenoxy) is 4. The van der Waals surface area contributed by atoms with E-state index in [2.05, 4.69) is 66.9 Å². The standard InChI is InChI=1S/2C31H46N2O5.C31H37NO8.C6H14N2.CH2Cl2/c2*1-29-12-9-23(38-28(35)32-15-18-33-16-3-4-17-33)19-22(29)6-7-26-25(29)10-13-30(2)24(11-14-31(26,30)36)21-5-8-27(34)37-20-21;1-29-14-11-23(40-28(34)39-22-7-5-21(6-8-22)32(36)37)17-20(29)4-9-26-25(29)12-15-30(2)24(13-16-31(26,30)35)19-3-10-27(33)38-18-19;7-3-6-8-4-1-2-5-8;2-1-3/h2*5,8,20,22-26,36H,3-4,6-7,9-19H2,1-2H3,(H,32,35);3,5-8,10,18,20,23-26,35H,4,9,11-17H2,1-2H3;1-7H2;1H2/t2*22-,23+,24-,25+,26-,29+,30-,31+;20-,23+,24-,25+,26-,29+,30-,31+;;/m111../s1. The molecule has 12 aliphatic carbocycles. The lowest BCUT2D eigenvalue weighted by atomic mass is 9.43. The van der Waals surface area contributed by atoms with Gasteiger partial charge in [-0.25, -0.2) is 28.8 Å². The molecule has 6 heterocycles. The van der Waals surface area contributed by atoms with Crippen molar-refractivity contribution in [3.63, 3.8) is 0 Å². The zero-order valence-electron chi connectivity index (χ0n) is 76.3. The number of alkyl halides is 2. The predicted octanol–water partition coefficient (Wildman–Crippen LogP) is 18.0. The molecule has 3 aliphatic heterocycles. The quantitative estimate of drug-likeness (QED) is 0.0152. The third kappa shape index (κ3) is 19.2. The maximum absolute atomic E-state index is 12.5. The van der Waals surface area contributed by atoms with E-state index >= 15 is 0 Å². The molecule has 1 aromatic carbocycles. The molecule has 24 atom stereocenters. The van der Waals surface area contributed by atoms with Crippen LogP contribution in [0, 0.1) is 95.9 Å². The van der Waals surface area contributed by atoms with Crippen LogP contribution in [-0.4, -0.2) is 172 Å². The minimum absolute atomic E-state index is 0.00282. The third-order valence-electron chi connectivity index (χ3n) is 37.3. The Morgan fingerprint density at radius 2 is 0.764 bits per heavy atom. The molecule has 15 fully saturated rings. The molecule has 0 unspecified atom stereocenters. The lowest BCUT2D eigenvalue weighted by molar-refractivity contribution is -0.384. The highest BCUT2D eigenvalue weighted by molar-refractivity contribution is 6.40. The SMILES string of the molecule is C[C@]12CC[C@H](OC(=O)NCCN3CCCC3)C[C@H]1CC[C@@H]1[C@@H]2CC[C@]2(C)[C@@H](c3ccc(=O)oc3)CC[C@]12O.C[C@]12CC[C@H](OC(=O)NCCN3CCCC3)C[C@H]1CC[C@@H]1[C@@H]2CC[C@]2(C)[C@@H](c3ccc(=O)oc3)CC[C@]12O.C[C@]12CC[C@H](OC(=O)Oc3ccc([N+](=O)[O-])cc3)C[C@H]1CC[C@@H]1[C@@H]2CC[C@]2(C)[C@@H](c3ccc(=O)oc3)CC[C@]12O.ClCCl.NCCN1CCCC1. The number of nitro benzene ring substituents is 1. The van der Waals surface area contributed by atoms with E-state index in [0.29, 0.717) is 60.4 Å². The number of nitrogens with one attached hydrogen (secondary N) is 2. The van der Waals surface area contributed by atoms with Crippen LogP contribution in [0.1, 0.15) is 288 Å². The molecule has 15 aliphatic rings. The fraction of sp³-hybridized carbons (Fsp3) is 0.760. The summed E-state index contributed by atoms with van der Waals surface area (Å²) < 4.78 is 38.5. The van der Waals surface area contributed by atoms with Crippen molar-refractivity contribution in [2.75, 3.05) is 83.9 Å². The second kappa shape index (κ2) is 39.8. The van der Waals surface area contributed by atoms with Crippen molar-refractivity contribution in [3.8, 4) is 5.75 Å². The van der Waals surface area contributed by atoms with Crippen molar-refractivity contribution in [2.45, 2.75) is 306 Å². The van der Waals surface area contributed by atoms with Gasteiger partial charge in [0.05, 0.1) is 45.9 Å². The summed E-state index contributed by atoms with van der Waals surface area (Å²) in [6, 6.07) is 15.6. The Balaban J connectivity index is 0.000000138. The summed E-state index contributed by atoms with van der Waals surface area (Å²) in [6.45, 7) is 26.3. The number of benzene rings is 1. The molecule has 127 heavy (non-hydrogen) atoms. The molecule has 12 saturated carbocycles. The highest BCUT2D eigenvalue weighted by atomic mass is 35.5. The molecular weight excluding hydrogens is 1660 g/mol. The fourth-order valence-electron chi connectivity index (χ4n) is 30.3. The topological polar surface area (TPSA) is 342 Å². The Morgan fingerprint density at radius 3 is 1.07 bits per heavy atom. The van der Waals surface area contributed by atoms with Gasteiger partial charge in [0, 0.05) is 85.8 Å². The number of hydrogen-bond donors (Lipinski definition) is 6. The molecule has 19 rings (SSSR count). The largest absolute Gasteiger partial charge is 0.514 e. The van der Waals surface area contributed by atoms with Crippen LogP contribution in [0.2, 0.25) is 0 Å². The average Bonchev–Trinajstić information content (AvgIpc) is 1.61. The maximum atomic E-state index is 12.5. The highest BCUT2D eigenvalue weighted by Crippen LogP contribution is 2.75. The summed E-state index contributed by atoms with van der Waals surface area (Å²) >= 11 is 9.53. The molecule has 27 heteroatoms. The molecule has 25 nitrogen and oxygen atoms in total. The van der Waals surface area contributed by atoms with Crippen LogP contribution in [0.3, 0.4) is 0 Å². The number of carbonyl (C=O) groups is 3. The number of nitrogens with zero attached hydrogens (tertiary/aromatic N) is 4. The molecule has 0 radical (unpaired) electrons. The van der Waals surface area contributed by atoms with Gasteiger partial charge in [-0.15, -0.1) is 23.2 Å². The van der Waals surface area contributed by atoms with Gasteiger partial charge in [-0.1, -0.05) is 41.5 Å². The Hall–Kier alpha value is -6.42. The average molecular weight is 1800 g/mol. The zero-order valence-corrected chi connectivity index (χ0v) is 77.8. The van der Waals surface area contributed by atoms with Crippen LogP contribution >= 0.6 is 23.2 Å². The van der Waals surface area contributed by atoms with E-state index in [1.54, 1.807) is 18.8 Å². The molecule has 7 N–H and O–H groups in total. The van der Waals surface area contributed by atoms with Gasteiger partial charge in [0.15, 0.2) is 0 Å². The van der Waals surface area contributed by atoms with Crippen molar-refractivity contribution >= 4 is 47.2 Å². The number of non-ortho nitro benzene ring substituents is 1. The van der Waals surface area contributed by atoms with Crippen LogP contribution in [0.5, 0.6) is 5.75 Å². The van der Waals surface area contributed by atoms with E-state index in [9.17, 15) is 54.2 Å². The van der Waals surface area contributed by atoms with E-state index in [4.69, 9.17) is 61.1 Å². The van der Waals surface area contributed by atoms with Crippen LogP contribution in [0.25, 0.3) is 0 Å². The molecule has 3 saturated heterocycles. The molecule has 0 spiro atoms. The number of nitrogens with two attached hydrogens (primary N) is 1. The Morgan fingerprint density at radius 1 is 0.441 bits per heavy atom. The normalized spacial score (nSPS) is 39.2. The number of likely N-dealkylation sites (tertiary alicyclic amines) is 3. The highest BCUT2D eigenvalue weighted by Gasteiger charge is 2.71. The second-order valence-corrected chi connectivity index (χ2v) is 43.5. The monoisotopic (exact) mass is 1800 g/mol. The summed E-state index contributed by atoms with van der Waals surface area (Å²) in [5.41, 5.74) is 5.06. The van der Waals surface area contributed by atoms with E-state index < -0.39 is 27.9 Å². The first-order chi connectivity index (χ1) is 60.8. The maximum Gasteiger partial charge on any atom is 0.514 e. The Bertz CT molecular complexity index is 4370.